The van der Waals surface area contributed by atoms with Crippen LogP contribution in [0.3, 0.4) is 0 Å². The summed E-state index contributed by atoms with van der Waals surface area (Å²) < 4.78 is 5.22. The number of hydrogen-bond donors (Lipinski definition) is 1. The third kappa shape index (κ3) is 3.78. The lowest BCUT2D eigenvalue weighted by molar-refractivity contribution is 0.0685. The van der Waals surface area contributed by atoms with Crippen LogP contribution in [0.15, 0.2) is 72.8 Å². The number of rotatable bonds is 5. The number of amides is 1. The fourth-order valence-corrected chi connectivity index (χ4v) is 3.61. The van der Waals surface area contributed by atoms with Gasteiger partial charge in [0.15, 0.2) is 0 Å². The summed E-state index contributed by atoms with van der Waals surface area (Å²) in [6.07, 6.45) is 0.387. The van der Waals surface area contributed by atoms with Gasteiger partial charge in [-0.1, -0.05) is 36.4 Å². The summed E-state index contributed by atoms with van der Waals surface area (Å²) in [6, 6.07) is 25.0. The smallest absolute Gasteiger partial charge is 0.257 e. The van der Waals surface area contributed by atoms with E-state index >= 15 is 0 Å². The quantitative estimate of drug-likeness (QED) is 0.710. The van der Waals surface area contributed by atoms with E-state index < -0.39 is 0 Å². The number of anilines is 1. The lowest BCUT2D eigenvalue weighted by atomic mass is 10.0. The Balaban J connectivity index is 1.65. The van der Waals surface area contributed by atoms with Gasteiger partial charge in [-0.3, -0.25) is 4.79 Å². The Morgan fingerprint density at radius 1 is 1.07 bits per heavy atom. The molecule has 0 aromatic heterocycles. The lowest BCUT2D eigenvalue weighted by Gasteiger charge is -2.38. The third-order valence-corrected chi connectivity index (χ3v) is 5.15. The zero-order valence-corrected chi connectivity index (χ0v) is 16.1. The molecule has 0 saturated carbocycles. The Morgan fingerprint density at radius 3 is 2.62 bits per heavy atom. The number of benzene rings is 3. The van der Waals surface area contributed by atoms with Gasteiger partial charge in [0.2, 0.25) is 0 Å². The topological polar surface area (TPSA) is 65.4 Å². The Bertz CT molecular complexity index is 1070. The minimum absolute atomic E-state index is 0.0137. The van der Waals surface area contributed by atoms with Gasteiger partial charge in [-0.2, -0.15) is 5.26 Å². The van der Waals surface area contributed by atoms with Crippen molar-refractivity contribution in [3.8, 4) is 11.8 Å². The van der Waals surface area contributed by atoms with Crippen LogP contribution in [0.5, 0.6) is 5.75 Å². The van der Waals surface area contributed by atoms with E-state index in [1.807, 2.05) is 71.6 Å². The van der Waals surface area contributed by atoms with Crippen molar-refractivity contribution in [2.24, 2.45) is 0 Å². The number of nitrogens with one attached hydrogen (secondary N) is 1. The molecule has 3 aromatic carbocycles. The van der Waals surface area contributed by atoms with Crippen molar-refractivity contribution >= 4 is 11.6 Å². The number of hydrogen-bond acceptors (Lipinski definition) is 4. The summed E-state index contributed by atoms with van der Waals surface area (Å²) >= 11 is 0. The largest absolute Gasteiger partial charge is 0.497 e. The molecule has 4 rings (SSSR count). The number of carbonyl (C=O) groups excluding carboxylic acids is 1. The van der Waals surface area contributed by atoms with Gasteiger partial charge >= 0.3 is 0 Å². The normalized spacial score (nSPS) is 15.2. The molecule has 0 aliphatic carbocycles. The molecule has 144 valence electrons. The Kier molecular flexibility index (Phi) is 5.17. The second-order valence-corrected chi connectivity index (χ2v) is 6.93. The number of methoxy groups -OCH3 is 1. The zero-order chi connectivity index (χ0) is 20.2. The molecule has 5 heteroatoms. The fraction of sp³-hybridized carbons (Fsp3) is 0.167. The first-order valence-electron chi connectivity index (χ1n) is 9.49. The Hall–Kier alpha value is -3.78. The molecule has 0 radical (unpaired) electrons. The van der Waals surface area contributed by atoms with Gasteiger partial charge in [0.1, 0.15) is 11.9 Å². The molecule has 5 nitrogen and oxygen atoms in total. The van der Waals surface area contributed by atoms with E-state index in [1.165, 1.54) is 0 Å². The monoisotopic (exact) mass is 383 g/mol. The number of fused-ring (bicyclic) bond motifs is 1. The van der Waals surface area contributed by atoms with Crippen molar-refractivity contribution in [1.29, 1.82) is 5.26 Å². The second kappa shape index (κ2) is 8.07. The van der Waals surface area contributed by atoms with Crippen molar-refractivity contribution in [2.75, 3.05) is 19.0 Å². The molecule has 1 N–H and O–H groups in total. The van der Waals surface area contributed by atoms with E-state index in [2.05, 4.69) is 11.4 Å². The molecule has 0 spiro atoms. The zero-order valence-electron chi connectivity index (χ0n) is 16.1. The number of carbonyl (C=O) groups is 1. The van der Waals surface area contributed by atoms with Gasteiger partial charge in [0, 0.05) is 12.2 Å². The maximum Gasteiger partial charge on any atom is 0.257 e. The molecule has 1 amide bonds. The summed E-state index contributed by atoms with van der Waals surface area (Å²) in [7, 11) is 1.64. The molecule has 1 atom stereocenters. The molecule has 1 heterocycles. The van der Waals surface area contributed by atoms with Crippen molar-refractivity contribution in [3.05, 3.63) is 95.1 Å². The molecular weight excluding hydrogens is 362 g/mol. The van der Waals surface area contributed by atoms with Crippen molar-refractivity contribution < 1.29 is 9.53 Å². The SMILES string of the molecule is COc1ccc(CCN2C(=O)c3ccccc3N[C@@H]2c2cccc(C#N)c2)cc1. The average Bonchev–Trinajstić information content (AvgIpc) is 2.78. The van der Waals surface area contributed by atoms with Crippen LogP contribution < -0.4 is 10.1 Å². The highest BCUT2D eigenvalue weighted by molar-refractivity contribution is 6.01. The predicted molar refractivity (Wildman–Crippen MR) is 112 cm³/mol. The van der Waals surface area contributed by atoms with Gasteiger partial charge in [-0.05, 0) is 53.9 Å². The summed E-state index contributed by atoms with van der Waals surface area (Å²) in [5.74, 6) is 0.796. The maximum atomic E-state index is 13.3. The van der Waals surface area contributed by atoms with Crippen LogP contribution in [-0.2, 0) is 6.42 Å². The average molecular weight is 383 g/mol. The van der Waals surface area contributed by atoms with Crippen molar-refractivity contribution in [1.82, 2.24) is 4.90 Å². The van der Waals surface area contributed by atoms with E-state index in [4.69, 9.17) is 4.74 Å². The number of para-hydroxylation sites is 1. The van der Waals surface area contributed by atoms with Crippen LogP contribution in [0.1, 0.15) is 33.2 Å². The van der Waals surface area contributed by atoms with Crippen molar-refractivity contribution in [2.45, 2.75) is 12.6 Å². The van der Waals surface area contributed by atoms with E-state index in [0.717, 1.165) is 22.6 Å². The molecule has 0 unspecified atom stereocenters. The van der Waals surface area contributed by atoms with E-state index in [0.29, 0.717) is 24.1 Å². The van der Waals surface area contributed by atoms with Crippen LogP contribution in [0.2, 0.25) is 0 Å². The minimum atomic E-state index is -0.330. The first kappa shape index (κ1) is 18.6. The van der Waals surface area contributed by atoms with Crippen LogP contribution in [0, 0.1) is 11.3 Å². The van der Waals surface area contributed by atoms with Gasteiger partial charge in [0.05, 0.1) is 24.3 Å². The van der Waals surface area contributed by atoms with Crippen LogP contribution in [0.4, 0.5) is 5.69 Å². The van der Waals surface area contributed by atoms with Gasteiger partial charge < -0.3 is 15.0 Å². The fourth-order valence-electron chi connectivity index (χ4n) is 3.61. The highest BCUT2D eigenvalue weighted by atomic mass is 16.5. The molecule has 3 aromatic rings. The molecule has 0 saturated heterocycles. The first-order valence-corrected chi connectivity index (χ1v) is 9.49. The van der Waals surface area contributed by atoms with Crippen LogP contribution in [-0.4, -0.2) is 24.5 Å². The number of ether oxygens (including phenoxy) is 1. The van der Waals surface area contributed by atoms with E-state index in [-0.39, 0.29) is 12.1 Å². The molecule has 0 bridgehead atoms. The molecular formula is C24H21N3O2. The minimum Gasteiger partial charge on any atom is -0.497 e. The van der Waals surface area contributed by atoms with Crippen LogP contribution >= 0.6 is 0 Å². The molecule has 1 aliphatic heterocycles. The summed E-state index contributed by atoms with van der Waals surface area (Å²) in [5.41, 5.74) is 4.06. The van der Waals surface area contributed by atoms with Gasteiger partial charge in [-0.15, -0.1) is 0 Å². The summed E-state index contributed by atoms with van der Waals surface area (Å²) in [4.78, 5) is 15.1. The van der Waals surface area contributed by atoms with Gasteiger partial charge in [0.25, 0.3) is 5.91 Å². The van der Waals surface area contributed by atoms with Gasteiger partial charge in [-0.25, -0.2) is 0 Å². The predicted octanol–water partition coefficient (Wildman–Crippen LogP) is 4.38. The number of nitrogens with zero attached hydrogens (tertiary/aromatic N) is 2. The molecule has 0 fully saturated rings. The second-order valence-electron chi connectivity index (χ2n) is 6.93. The summed E-state index contributed by atoms with van der Waals surface area (Å²) in [5, 5.41) is 12.7. The maximum absolute atomic E-state index is 13.3. The number of nitriles is 1. The Labute approximate surface area is 170 Å². The standard InChI is InChI=1S/C24H21N3O2/c1-29-20-11-9-17(10-12-20)13-14-27-23(19-6-4-5-18(15-19)16-25)26-22-8-3-2-7-21(22)24(27)28/h2-12,15,23,26H,13-14H2,1H3/t23-/m0/s1. The molecule has 29 heavy (non-hydrogen) atoms. The third-order valence-electron chi connectivity index (χ3n) is 5.15. The van der Waals surface area contributed by atoms with E-state index in [1.54, 1.807) is 13.2 Å². The van der Waals surface area contributed by atoms with Crippen LogP contribution in [0.25, 0.3) is 0 Å². The lowest BCUT2D eigenvalue weighted by Crippen LogP contribution is -2.44. The Morgan fingerprint density at radius 2 is 1.86 bits per heavy atom. The van der Waals surface area contributed by atoms with Crippen molar-refractivity contribution in [3.63, 3.8) is 0 Å². The summed E-state index contributed by atoms with van der Waals surface area (Å²) in [6.45, 7) is 0.550. The van der Waals surface area contributed by atoms with E-state index in [9.17, 15) is 10.1 Å². The first-order chi connectivity index (χ1) is 14.2. The highest BCUT2D eigenvalue weighted by Crippen LogP contribution is 2.33. The highest BCUT2D eigenvalue weighted by Gasteiger charge is 2.32. The molecule has 1 aliphatic rings.